The van der Waals surface area contributed by atoms with Gasteiger partial charge in [-0.05, 0) is 12.1 Å². The van der Waals surface area contributed by atoms with Crippen LogP contribution in [0.15, 0.2) is 24.3 Å². The molecular weight excluding hydrogens is 218 g/mol. The predicted molar refractivity (Wildman–Crippen MR) is 63.3 cm³/mol. The minimum atomic E-state index is -0.422. The van der Waals surface area contributed by atoms with Crippen molar-refractivity contribution in [2.45, 2.75) is 6.92 Å². The van der Waals surface area contributed by atoms with Crippen LogP contribution in [0.1, 0.15) is 22.8 Å². The smallest absolute Gasteiger partial charge is 0.339 e. The van der Waals surface area contributed by atoms with Gasteiger partial charge in [0.15, 0.2) is 0 Å². The molecular formula is C13H13NO3. The third-order valence-corrected chi connectivity index (χ3v) is 1.98. The zero-order valence-electron chi connectivity index (χ0n) is 9.74. The molecule has 1 aromatic carbocycles. The van der Waals surface area contributed by atoms with E-state index in [0.29, 0.717) is 11.1 Å². The molecule has 0 saturated carbocycles. The lowest BCUT2D eigenvalue weighted by molar-refractivity contribution is -0.118. The highest BCUT2D eigenvalue weighted by Gasteiger charge is 2.08. The van der Waals surface area contributed by atoms with Crippen molar-refractivity contribution < 1.29 is 14.3 Å². The molecule has 0 fully saturated rings. The molecule has 1 amide bonds. The van der Waals surface area contributed by atoms with Crippen molar-refractivity contribution in [3.8, 4) is 11.8 Å². The number of carbonyl (C=O) groups is 2. The van der Waals surface area contributed by atoms with E-state index in [2.05, 4.69) is 21.9 Å². The summed E-state index contributed by atoms with van der Waals surface area (Å²) in [6.07, 6.45) is 0. The molecule has 0 atom stereocenters. The predicted octanol–water partition coefficient (Wildman–Crippen LogP) is 0.961. The Morgan fingerprint density at radius 1 is 1.35 bits per heavy atom. The van der Waals surface area contributed by atoms with Crippen molar-refractivity contribution >= 4 is 11.9 Å². The van der Waals surface area contributed by atoms with Crippen LogP contribution in [0.2, 0.25) is 0 Å². The molecule has 0 aromatic heterocycles. The molecule has 0 aliphatic heterocycles. The van der Waals surface area contributed by atoms with Gasteiger partial charge in [0.05, 0.1) is 19.2 Å². The maximum atomic E-state index is 11.4. The molecule has 88 valence electrons. The summed E-state index contributed by atoms with van der Waals surface area (Å²) < 4.78 is 4.65. The van der Waals surface area contributed by atoms with E-state index in [1.807, 2.05) is 0 Å². The maximum absolute atomic E-state index is 11.4. The summed E-state index contributed by atoms with van der Waals surface area (Å²) in [5, 5.41) is 2.55. The van der Waals surface area contributed by atoms with E-state index in [-0.39, 0.29) is 12.5 Å². The van der Waals surface area contributed by atoms with Crippen molar-refractivity contribution in [3.63, 3.8) is 0 Å². The molecule has 1 aromatic rings. The number of esters is 1. The first-order valence-corrected chi connectivity index (χ1v) is 5.06. The highest BCUT2D eigenvalue weighted by molar-refractivity contribution is 5.92. The number of nitrogens with one attached hydrogen (secondary N) is 1. The van der Waals surface area contributed by atoms with Gasteiger partial charge < -0.3 is 10.1 Å². The van der Waals surface area contributed by atoms with Crippen molar-refractivity contribution in [2.75, 3.05) is 13.7 Å². The van der Waals surface area contributed by atoms with Crippen molar-refractivity contribution in [1.29, 1.82) is 0 Å². The van der Waals surface area contributed by atoms with Crippen LogP contribution in [-0.2, 0) is 9.53 Å². The monoisotopic (exact) mass is 231 g/mol. The molecule has 4 nitrogen and oxygen atoms in total. The topological polar surface area (TPSA) is 55.4 Å². The third-order valence-electron chi connectivity index (χ3n) is 1.98. The Bertz CT molecular complexity index is 483. The standard InChI is InChI=1S/C13H13NO3/c1-10(15)14-9-5-7-11-6-3-4-8-12(11)13(16)17-2/h3-4,6,8H,9H2,1-2H3,(H,14,15). The Kier molecular flexibility index (Phi) is 4.77. The number of benzene rings is 1. The third kappa shape index (κ3) is 3.99. The van der Waals surface area contributed by atoms with Crippen molar-refractivity contribution in [3.05, 3.63) is 35.4 Å². The van der Waals surface area contributed by atoms with Crippen LogP contribution in [0.4, 0.5) is 0 Å². The average Bonchev–Trinajstić information content (AvgIpc) is 2.34. The van der Waals surface area contributed by atoms with E-state index < -0.39 is 5.97 Å². The summed E-state index contributed by atoms with van der Waals surface area (Å²) >= 11 is 0. The minimum Gasteiger partial charge on any atom is -0.465 e. The van der Waals surface area contributed by atoms with Crippen LogP contribution in [0, 0.1) is 11.8 Å². The van der Waals surface area contributed by atoms with Crippen LogP contribution in [0.25, 0.3) is 0 Å². The fourth-order valence-electron chi connectivity index (χ4n) is 1.19. The summed E-state index contributed by atoms with van der Waals surface area (Å²) in [6, 6.07) is 6.90. The van der Waals surface area contributed by atoms with E-state index in [1.165, 1.54) is 14.0 Å². The van der Waals surface area contributed by atoms with Gasteiger partial charge in [0, 0.05) is 12.5 Å². The molecule has 0 spiro atoms. The number of carbonyl (C=O) groups excluding carboxylic acids is 2. The molecule has 4 heteroatoms. The largest absolute Gasteiger partial charge is 0.465 e. The Morgan fingerprint density at radius 2 is 2.06 bits per heavy atom. The highest BCUT2D eigenvalue weighted by Crippen LogP contribution is 2.08. The van der Waals surface area contributed by atoms with Crippen LogP contribution in [-0.4, -0.2) is 25.5 Å². The Labute approximate surface area is 100.0 Å². The first-order valence-electron chi connectivity index (χ1n) is 5.06. The fourth-order valence-corrected chi connectivity index (χ4v) is 1.19. The minimum absolute atomic E-state index is 0.138. The van der Waals surface area contributed by atoms with Gasteiger partial charge in [0.25, 0.3) is 0 Å². The normalized spacial score (nSPS) is 8.82. The van der Waals surface area contributed by atoms with Crippen LogP contribution < -0.4 is 5.32 Å². The van der Waals surface area contributed by atoms with Crippen LogP contribution >= 0.6 is 0 Å². The second-order valence-corrected chi connectivity index (χ2v) is 3.25. The second-order valence-electron chi connectivity index (χ2n) is 3.25. The zero-order chi connectivity index (χ0) is 12.7. The van der Waals surface area contributed by atoms with Crippen molar-refractivity contribution in [2.24, 2.45) is 0 Å². The van der Waals surface area contributed by atoms with Gasteiger partial charge in [0.2, 0.25) is 5.91 Å². The van der Waals surface area contributed by atoms with E-state index >= 15 is 0 Å². The molecule has 0 aliphatic carbocycles. The molecule has 0 radical (unpaired) electrons. The van der Waals surface area contributed by atoms with Gasteiger partial charge in [0.1, 0.15) is 0 Å². The number of amides is 1. The summed E-state index contributed by atoms with van der Waals surface area (Å²) in [7, 11) is 1.32. The molecule has 17 heavy (non-hydrogen) atoms. The molecule has 0 unspecified atom stereocenters. The average molecular weight is 231 g/mol. The summed E-state index contributed by atoms with van der Waals surface area (Å²) in [5.74, 6) is 5.02. The number of hydrogen-bond acceptors (Lipinski definition) is 3. The second kappa shape index (κ2) is 6.33. The summed E-state index contributed by atoms with van der Waals surface area (Å²) in [5.41, 5.74) is 1.01. The zero-order valence-corrected chi connectivity index (χ0v) is 9.74. The molecule has 1 N–H and O–H groups in total. The molecule has 0 aliphatic rings. The van der Waals surface area contributed by atoms with Gasteiger partial charge in [-0.25, -0.2) is 4.79 Å². The van der Waals surface area contributed by atoms with E-state index in [0.717, 1.165) is 0 Å². The van der Waals surface area contributed by atoms with Crippen LogP contribution in [0.3, 0.4) is 0 Å². The van der Waals surface area contributed by atoms with Gasteiger partial charge in [-0.1, -0.05) is 24.0 Å². The highest BCUT2D eigenvalue weighted by atomic mass is 16.5. The summed E-state index contributed by atoms with van der Waals surface area (Å²) in [6.45, 7) is 1.68. The first kappa shape index (κ1) is 12.8. The van der Waals surface area contributed by atoms with Gasteiger partial charge >= 0.3 is 5.97 Å². The number of methoxy groups -OCH3 is 1. The Morgan fingerprint density at radius 3 is 2.71 bits per heavy atom. The molecule has 0 bridgehead atoms. The van der Waals surface area contributed by atoms with Gasteiger partial charge in [-0.15, -0.1) is 0 Å². The van der Waals surface area contributed by atoms with E-state index in [4.69, 9.17) is 0 Å². The molecule has 0 saturated heterocycles. The Balaban J connectivity index is 2.83. The lowest BCUT2D eigenvalue weighted by atomic mass is 10.1. The number of rotatable bonds is 2. The first-order chi connectivity index (χ1) is 8.15. The SMILES string of the molecule is COC(=O)c1ccccc1C#CCNC(C)=O. The summed E-state index contributed by atoms with van der Waals surface area (Å²) in [4.78, 5) is 22.0. The van der Waals surface area contributed by atoms with Gasteiger partial charge in [-0.3, -0.25) is 4.79 Å². The van der Waals surface area contributed by atoms with E-state index in [1.54, 1.807) is 24.3 Å². The fraction of sp³-hybridized carbons (Fsp3) is 0.231. The van der Waals surface area contributed by atoms with Gasteiger partial charge in [-0.2, -0.15) is 0 Å². The maximum Gasteiger partial charge on any atom is 0.339 e. The number of hydrogen-bond donors (Lipinski definition) is 1. The lowest BCUT2D eigenvalue weighted by Gasteiger charge is -2.01. The Hall–Kier alpha value is -2.28. The van der Waals surface area contributed by atoms with Crippen LogP contribution in [0.5, 0.6) is 0 Å². The van der Waals surface area contributed by atoms with Crippen molar-refractivity contribution in [1.82, 2.24) is 5.32 Å². The molecule has 1 rings (SSSR count). The molecule has 0 heterocycles. The quantitative estimate of drug-likeness (QED) is 0.609. The lowest BCUT2D eigenvalue weighted by Crippen LogP contribution is -2.19. The van der Waals surface area contributed by atoms with E-state index in [9.17, 15) is 9.59 Å². The number of ether oxygens (including phenoxy) is 1.